The Morgan fingerprint density at radius 3 is 2.35 bits per heavy atom. The third-order valence-corrected chi connectivity index (χ3v) is 5.73. The molecule has 0 saturated carbocycles. The zero-order valence-electron chi connectivity index (χ0n) is 18.2. The Kier molecular flexibility index (Phi) is 7.25. The Bertz CT molecular complexity index is 1070. The zero-order chi connectivity index (χ0) is 22.5. The first-order valence-electron chi connectivity index (χ1n) is 9.94. The van der Waals surface area contributed by atoms with Gasteiger partial charge in [0.05, 0.1) is 19.8 Å². The van der Waals surface area contributed by atoms with Crippen LogP contribution in [0.4, 0.5) is 0 Å². The van der Waals surface area contributed by atoms with E-state index in [1.54, 1.807) is 14.2 Å². The van der Waals surface area contributed by atoms with E-state index >= 15 is 0 Å². The summed E-state index contributed by atoms with van der Waals surface area (Å²) in [5.41, 5.74) is 4.78. The van der Waals surface area contributed by atoms with Crippen LogP contribution in [0.3, 0.4) is 0 Å². The summed E-state index contributed by atoms with van der Waals surface area (Å²) >= 11 is 5.99. The number of ether oxygens (including phenoxy) is 2. The number of hydrogen-bond donors (Lipinski definition) is 2. The molecule has 2 N–H and O–H groups in total. The standard InChI is InChI=1S/C24H27ClN2O4/c1-15-20(13-26-12-18-6-5-7-21(30-3)23(18)31-4)22(24(28)29)16(2)27(15)14-17-8-10-19(25)11-9-17/h5-11,26H,12-14H2,1-4H3,(H,28,29). The number of methoxy groups -OCH3 is 2. The maximum Gasteiger partial charge on any atom is 0.337 e. The molecule has 7 heteroatoms. The van der Waals surface area contributed by atoms with E-state index in [2.05, 4.69) is 5.32 Å². The van der Waals surface area contributed by atoms with Gasteiger partial charge in [-0.3, -0.25) is 0 Å². The van der Waals surface area contributed by atoms with Crippen LogP contribution in [0, 0.1) is 13.8 Å². The second kappa shape index (κ2) is 9.90. The summed E-state index contributed by atoms with van der Waals surface area (Å²) in [7, 11) is 3.21. The highest BCUT2D eigenvalue weighted by Crippen LogP contribution is 2.31. The molecule has 0 aliphatic carbocycles. The summed E-state index contributed by atoms with van der Waals surface area (Å²) in [4.78, 5) is 12.0. The van der Waals surface area contributed by atoms with Gasteiger partial charge < -0.3 is 24.5 Å². The van der Waals surface area contributed by atoms with Crippen molar-refractivity contribution in [2.75, 3.05) is 14.2 Å². The van der Waals surface area contributed by atoms with Gasteiger partial charge >= 0.3 is 5.97 Å². The molecule has 1 heterocycles. The molecule has 0 bridgehead atoms. The number of para-hydroxylation sites is 1. The number of carboxylic acid groups (broad SMARTS) is 1. The highest BCUT2D eigenvalue weighted by Gasteiger charge is 2.22. The zero-order valence-corrected chi connectivity index (χ0v) is 18.9. The van der Waals surface area contributed by atoms with Crippen molar-refractivity contribution in [1.82, 2.24) is 9.88 Å². The molecule has 0 fully saturated rings. The summed E-state index contributed by atoms with van der Waals surface area (Å²) in [5.74, 6) is 0.407. The smallest absolute Gasteiger partial charge is 0.337 e. The van der Waals surface area contributed by atoms with Gasteiger partial charge in [0, 0.05) is 47.2 Å². The van der Waals surface area contributed by atoms with Crippen molar-refractivity contribution < 1.29 is 19.4 Å². The molecular weight excluding hydrogens is 416 g/mol. The molecule has 31 heavy (non-hydrogen) atoms. The molecule has 0 amide bonds. The van der Waals surface area contributed by atoms with Crippen LogP contribution in [-0.2, 0) is 19.6 Å². The van der Waals surface area contributed by atoms with Crippen molar-refractivity contribution in [2.45, 2.75) is 33.5 Å². The summed E-state index contributed by atoms with van der Waals surface area (Å²) in [6, 6.07) is 13.3. The van der Waals surface area contributed by atoms with Gasteiger partial charge in [-0.1, -0.05) is 35.9 Å². The maximum atomic E-state index is 12.0. The molecule has 0 radical (unpaired) electrons. The van der Waals surface area contributed by atoms with Crippen molar-refractivity contribution in [2.24, 2.45) is 0 Å². The lowest BCUT2D eigenvalue weighted by atomic mass is 10.1. The molecule has 0 aliphatic rings. The minimum absolute atomic E-state index is 0.344. The number of nitrogens with one attached hydrogen (secondary N) is 1. The summed E-state index contributed by atoms with van der Waals surface area (Å²) in [6.45, 7) is 5.32. The summed E-state index contributed by atoms with van der Waals surface area (Å²) in [5, 5.41) is 13.9. The minimum atomic E-state index is -0.925. The lowest BCUT2D eigenvalue weighted by Gasteiger charge is -2.13. The van der Waals surface area contributed by atoms with Crippen molar-refractivity contribution >= 4 is 17.6 Å². The third-order valence-electron chi connectivity index (χ3n) is 5.48. The Morgan fingerprint density at radius 1 is 1.03 bits per heavy atom. The van der Waals surface area contributed by atoms with E-state index in [9.17, 15) is 9.90 Å². The largest absolute Gasteiger partial charge is 0.493 e. The lowest BCUT2D eigenvalue weighted by Crippen LogP contribution is -2.16. The Labute approximate surface area is 187 Å². The molecule has 0 saturated heterocycles. The maximum absolute atomic E-state index is 12.0. The quantitative estimate of drug-likeness (QED) is 0.497. The van der Waals surface area contributed by atoms with Crippen LogP contribution in [0.1, 0.15) is 38.4 Å². The predicted molar refractivity (Wildman–Crippen MR) is 122 cm³/mol. The topological polar surface area (TPSA) is 72.7 Å². The van der Waals surface area contributed by atoms with Gasteiger partial charge in [0.15, 0.2) is 11.5 Å². The fourth-order valence-corrected chi connectivity index (χ4v) is 4.00. The van der Waals surface area contributed by atoms with E-state index in [0.29, 0.717) is 41.7 Å². The lowest BCUT2D eigenvalue weighted by molar-refractivity contribution is 0.0694. The molecule has 0 spiro atoms. The molecule has 3 aromatic rings. The molecular formula is C24H27ClN2O4. The Balaban J connectivity index is 1.84. The molecule has 0 aliphatic heterocycles. The number of carboxylic acids is 1. The van der Waals surface area contributed by atoms with Gasteiger partial charge in [-0.05, 0) is 37.6 Å². The third kappa shape index (κ3) is 4.86. The van der Waals surface area contributed by atoms with Gasteiger partial charge in [-0.25, -0.2) is 4.79 Å². The van der Waals surface area contributed by atoms with E-state index < -0.39 is 5.97 Å². The van der Waals surface area contributed by atoms with Crippen molar-refractivity contribution in [3.63, 3.8) is 0 Å². The van der Waals surface area contributed by atoms with Crippen molar-refractivity contribution in [3.05, 3.63) is 81.1 Å². The number of halogens is 1. The second-order valence-corrected chi connectivity index (χ2v) is 7.73. The Hall–Kier alpha value is -2.96. The first-order chi connectivity index (χ1) is 14.9. The monoisotopic (exact) mass is 442 g/mol. The summed E-state index contributed by atoms with van der Waals surface area (Å²) < 4.78 is 12.9. The van der Waals surface area contributed by atoms with Gasteiger partial charge in [0.1, 0.15) is 0 Å². The van der Waals surface area contributed by atoms with Gasteiger partial charge in [0.25, 0.3) is 0 Å². The first-order valence-corrected chi connectivity index (χ1v) is 10.3. The predicted octanol–water partition coefficient (Wildman–Crippen LogP) is 4.81. The molecule has 164 valence electrons. The van der Waals surface area contributed by atoms with E-state index in [0.717, 1.165) is 28.1 Å². The SMILES string of the molecule is COc1cccc(CNCc2c(C(=O)O)c(C)n(Cc3ccc(Cl)cc3)c2C)c1OC. The van der Waals surface area contributed by atoms with Crippen LogP contribution >= 0.6 is 11.6 Å². The van der Waals surface area contributed by atoms with Crippen LogP contribution in [0.2, 0.25) is 5.02 Å². The number of nitrogens with zero attached hydrogens (tertiary/aromatic N) is 1. The number of hydrogen-bond acceptors (Lipinski definition) is 4. The molecule has 0 unspecified atom stereocenters. The van der Waals surface area contributed by atoms with Crippen LogP contribution < -0.4 is 14.8 Å². The molecule has 1 aromatic heterocycles. The normalized spacial score (nSPS) is 10.9. The number of carbonyl (C=O) groups is 1. The Morgan fingerprint density at radius 2 is 1.74 bits per heavy atom. The highest BCUT2D eigenvalue weighted by atomic mass is 35.5. The molecule has 2 aromatic carbocycles. The van der Waals surface area contributed by atoms with Crippen LogP contribution in [-0.4, -0.2) is 29.9 Å². The molecule has 0 atom stereocenters. The van der Waals surface area contributed by atoms with Crippen molar-refractivity contribution in [3.8, 4) is 11.5 Å². The highest BCUT2D eigenvalue weighted by molar-refractivity contribution is 6.30. The van der Waals surface area contributed by atoms with Crippen LogP contribution in [0.25, 0.3) is 0 Å². The fraction of sp³-hybridized carbons (Fsp3) is 0.292. The number of aromatic nitrogens is 1. The van der Waals surface area contributed by atoms with Crippen LogP contribution in [0.15, 0.2) is 42.5 Å². The van der Waals surface area contributed by atoms with Gasteiger partial charge in [-0.15, -0.1) is 0 Å². The number of aromatic carboxylic acids is 1. The average Bonchev–Trinajstić information content (AvgIpc) is 2.99. The van der Waals surface area contributed by atoms with E-state index in [1.165, 1.54) is 0 Å². The average molecular weight is 443 g/mol. The second-order valence-electron chi connectivity index (χ2n) is 7.30. The first kappa shape index (κ1) is 22.7. The van der Waals surface area contributed by atoms with E-state index in [-0.39, 0.29) is 0 Å². The summed E-state index contributed by atoms with van der Waals surface area (Å²) in [6.07, 6.45) is 0. The fourth-order valence-electron chi connectivity index (χ4n) is 3.87. The van der Waals surface area contributed by atoms with E-state index in [1.807, 2.05) is 60.9 Å². The van der Waals surface area contributed by atoms with Gasteiger partial charge in [-0.2, -0.15) is 0 Å². The minimum Gasteiger partial charge on any atom is -0.493 e. The molecule has 6 nitrogen and oxygen atoms in total. The van der Waals surface area contributed by atoms with Gasteiger partial charge in [0.2, 0.25) is 0 Å². The van der Waals surface area contributed by atoms with Crippen LogP contribution in [0.5, 0.6) is 11.5 Å². The number of rotatable bonds is 9. The molecule has 3 rings (SSSR count). The van der Waals surface area contributed by atoms with Crippen molar-refractivity contribution in [1.29, 1.82) is 0 Å². The van der Waals surface area contributed by atoms with E-state index in [4.69, 9.17) is 21.1 Å². The number of benzene rings is 2.